The number of likely N-dealkylation sites (tertiary alicyclic amines) is 1. The van der Waals surface area contributed by atoms with E-state index in [2.05, 4.69) is 17.2 Å². The van der Waals surface area contributed by atoms with Crippen molar-refractivity contribution >= 4 is 23.6 Å². The molecule has 0 aliphatic carbocycles. The summed E-state index contributed by atoms with van der Waals surface area (Å²) in [6, 6.07) is 11.2. The first-order valence-corrected chi connectivity index (χ1v) is 9.36. The number of carbonyl (C=O) groups is 2. The lowest BCUT2D eigenvalue weighted by Crippen LogP contribution is -2.42. The van der Waals surface area contributed by atoms with E-state index in [0.717, 1.165) is 30.6 Å². The van der Waals surface area contributed by atoms with Gasteiger partial charge in [0.15, 0.2) is 0 Å². The number of anilines is 1. The van der Waals surface area contributed by atoms with Gasteiger partial charge in [-0.3, -0.25) is 14.6 Å². The Morgan fingerprint density at radius 2 is 2.07 bits per heavy atom. The van der Waals surface area contributed by atoms with Gasteiger partial charge in [-0.15, -0.1) is 0 Å². The minimum atomic E-state index is -0.229. The van der Waals surface area contributed by atoms with Crippen LogP contribution < -0.4 is 5.32 Å². The lowest BCUT2D eigenvalue weighted by molar-refractivity contribution is -0.111. The van der Waals surface area contributed by atoms with Crippen LogP contribution in [0.4, 0.5) is 5.69 Å². The summed E-state index contributed by atoms with van der Waals surface area (Å²) in [5.41, 5.74) is 2.96. The summed E-state index contributed by atoms with van der Waals surface area (Å²) in [4.78, 5) is 31.0. The third-order valence-corrected chi connectivity index (χ3v) is 4.89. The third-order valence-electron chi connectivity index (χ3n) is 4.89. The van der Waals surface area contributed by atoms with Gasteiger partial charge in [-0.1, -0.05) is 6.07 Å². The number of pyridine rings is 1. The first-order valence-electron chi connectivity index (χ1n) is 9.36. The second kappa shape index (κ2) is 8.62. The van der Waals surface area contributed by atoms with Crippen molar-refractivity contribution < 1.29 is 9.59 Å². The Morgan fingerprint density at radius 3 is 2.78 bits per heavy atom. The molecule has 3 rings (SSSR count). The van der Waals surface area contributed by atoms with Crippen molar-refractivity contribution in [1.29, 1.82) is 0 Å². The third kappa shape index (κ3) is 4.82. The molecule has 1 aliphatic heterocycles. The van der Waals surface area contributed by atoms with E-state index in [4.69, 9.17) is 0 Å². The van der Waals surface area contributed by atoms with Crippen molar-refractivity contribution in [2.45, 2.75) is 39.2 Å². The molecule has 2 heterocycles. The fourth-order valence-corrected chi connectivity index (χ4v) is 3.31. The molecule has 1 aliphatic rings. The zero-order valence-electron chi connectivity index (χ0n) is 15.8. The van der Waals surface area contributed by atoms with Crippen LogP contribution in [0.25, 0.3) is 6.08 Å². The number of hydrogen-bond donors (Lipinski definition) is 1. The van der Waals surface area contributed by atoms with Gasteiger partial charge in [0, 0.05) is 36.1 Å². The van der Waals surface area contributed by atoms with Gasteiger partial charge in [-0.25, -0.2) is 0 Å². The van der Waals surface area contributed by atoms with E-state index in [-0.39, 0.29) is 17.9 Å². The molecule has 0 spiro atoms. The lowest BCUT2D eigenvalue weighted by Gasteiger charge is -2.33. The fourth-order valence-electron chi connectivity index (χ4n) is 3.31. The highest BCUT2D eigenvalue weighted by molar-refractivity contribution is 6.03. The molecule has 0 radical (unpaired) electrons. The van der Waals surface area contributed by atoms with Gasteiger partial charge in [-0.05, 0) is 75.1 Å². The maximum Gasteiger partial charge on any atom is 0.254 e. The Bertz CT molecular complexity index is 846. The molecule has 1 fully saturated rings. The Labute approximate surface area is 160 Å². The van der Waals surface area contributed by atoms with Crippen LogP contribution in [0.1, 0.15) is 47.8 Å². The van der Waals surface area contributed by atoms with Crippen LogP contribution in [0.15, 0.2) is 48.7 Å². The number of nitrogens with zero attached hydrogens (tertiary/aromatic N) is 2. The van der Waals surface area contributed by atoms with Gasteiger partial charge in [0.25, 0.3) is 5.91 Å². The summed E-state index contributed by atoms with van der Waals surface area (Å²) in [6.45, 7) is 4.82. The van der Waals surface area contributed by atoms with E-state index < -0.39 is 0 Å². The molecule has 0 saturated carbocycles. The van der Waals surface area contributed by atoms with E-state index in [1.165, 1.54) is 12.5 Å². The average Bonchev–Trinajstić information content (AvgIpc) is 2.68. The summed E-state index contributed by atoms with van der Waals surface area (Å²) < 4.78 is 0. The maximum absolute atomic E-state index is 12.8. The van der Waals surface area contributed by atoms with Crippen LogP contribution in [-0.2, 0) is 4.79 Å². The standard InChI is InChI=1S/C22H25N3O2/c1-16-15-18(22(27)25-14-6-4-7-17(25)2)9-11-20(16)24-21(26)12-10-19-8-3-5-13-23-19/h3,5,8-13,15,17H,4,6-7,14H2,1-2H3,(H,24,26)/b12-10+. The smallest absolute Gasteiger partial charge is 0.254 e. The number of hydrogen-bond acceptors (Lipinski definition) is 3. The second-order valence-electron chi connectivity index (χ2n) is 6.95. The molecule has 5 heteroatoms. The number of aryl methyl sites for hydroxylation is 1. The molecule has 1 N–H and O–H groups in total. The average molecular weight is 363 g/mol. The normalized spacial score (nSPS) is 17.1. The highest BCUT2D eigenvalue weighted by Crippen LogP contribution is 2.22. The molecular weight excluding hydrogens is 338 g/mol. The minimum absolute atomic E-state index is 0.0678. The molecule has 1 aromatic heterocycles. The maximum atomic E-state index is 12.8. The number of rotatable bonds is 4. The number of carbonyl (C=O) groups excluding carboxylic acids is 2. The number of amides is 2. The minimum Gasteiger partial charge on any atom is -0.336 e. The summed E-state index contributed by atoms with van der Waals surface area (Å²) in [5, 5.41) is 2.86. The number of piperidine rings is 1. The molecule has 1 unspecified atom stereocenters. The van der Waals surface area contributed by atoms with Gasteiger partial charge >= 0.3 is 0 Å². The lowest BCUT2D eigenvalue weighted by atomic mass is 10.0. The van der Waals surface area contributed by atoms with Gasteiger partial charge in [0.05, 0.1) is 5.69 Å². The number of aromatic nitrogens is 1. The van der Waals surface area contributed by atoms with Gasteiger partial charge in [0.2, 0.25) is 5.91 Å². The first-order chi connectivity index (χ1) is 13.0. The molecule has 140 valence electrons. The van der Waals surface area contributed by atoms with E-state index in [1.807, 2.05) is 36.1 Å². The highest BCUT2D eigenvalue weighted by atomic mass is 16.2. The van der Waals surface area contributed by atoms with Gasteiger partial charge in [0.1, 0.15) is 0 Å². The van der Waals surface area contributed by atoms with Crippen LogP contribution >= 0.6 is 0 Å². The SMILES string of the molecule is Cc1cc(C(=O)N2CCCCC2C)ccc1NC(=O)/C=C/c1ccccn1. The van der Waals surface area contributed by atoms with E-state index >= 15 is 0 Å². The fraction of sp³-hybridized carbons (Fsp3) is 0.318. The Balaban J connectivity index is 1.66. The molecule has 1 atom stereocenters. The highest BCUT2D eigenvalue weighted by Gasteiger charge is 2.24. The number of nitrogens with one attached hydrogen (secondary N) is 1. The van der Waals surface area contributed by atoms with Crippen molar-refractivity contribution in [3.63, 3.8) is 0 Å². The molecule has 1 aromatic carbocycles. The zero-order valence-corrected chi connectivity index (χ0v) is 15.8. The molecule has 2 aromatic rings. The number of benzene rings is 1. The van der Waals surface area contributed by atoms with Crippen LogP contribution in [0, 0.1) is 6.92 Å². The van der Waals surface area contributed by atoms with Crippen molar-refractivity contribution in [3.8, 4) is 0 Å². The molecule has 0 bridgehead atoms. The summed E-state index contributed by atoms with van der Waals surface area (Å²) >= 11 is 0. The monoisotopic (exact) mass is 363 g/mol. The first kappa shape index (κ1) is 18.8. The van der Waals surface area contributed by atoms with Crippen LogP contribution in [0.2, 0.25) is 0 Å². The Kier molecular flexibility index (Phi) is 6.01. The topological polar surface area (TPSA) is 62.3 Å². The summed E-state index contributed by atoms with van der Waals surface area (Å²) in [5.74, 6) is -0.161. The quantitative estimate of drug-likeness (QED) is 0.834. The largest absolute Gasteiger partial charge is 0.336 e. The van der Waals surface area contributed by atoms with E-state index in [9.17, 15) is 9.59 Å². The molecular formula is C22H25N3O2. The van der Waals surface area contributed by atoms with Gasteiger partial charge < -0.3 is 10.2 Å². The van der Waals surface area contributed by atoms with E-state index in [0.29, 0.717) is 11.3 Å². The summed E-state index contributed by atoms with van der Waals surface area (Å²) in [6.07, 6.45) is 8.10. The Hall–Kier alpha value is -2.95. The van der Waals surface area contributed by atoms with Crippen LogP contribution in [0.3, 0.4) is 0 Å². The Morgan fingerprint density at radius 1 is 1.22 bits per heavy atom. The van der Waals surface area contributed by atoms with Crippen LogP contribution in [0.5, 0.6) is 0 Å². The summed E-state index contributed by atoms with van der Waals surface area (Å²) in [7, 11) is 0. The van der Waals surface area contributed by atoms with Crippen molar-refractivity contribution in [1.82, 2.24) is 9.88 Å². The predicted octanol–water partition coefficient (Wildman–Crippen LogP) is 4.06. The predicted molar refractivity (Wildman–Crippen MR) is 107 cm³/mol. The van der Waals surface area contributed by atoms with Gasteiger partial charge in [-0.2, -0.15) is 0 Å². The molecule has 5 nitrogen and oxygen atoms in total. The molecule has 27 heavy (non-hydrogen) atoms. The van der Waals surface area contributed by atoms with Crippen LogP contribution in [-0.4, -0.2) is 34.3 Å². The van der Waals surface area contributed by atoms with E-state index in [1.54, 1.807) is 24.4 Å². The molecule has 2 amide bonds. The van der Waals surface area contributed by atoms with Crippen molar-refractivity contribution in [2.75, 3.05) is 11.9 Å². The second-order valence-corrected chi connectivity index (χ2v) is 6.95. The van der Waals surface area contributed by atoms with Crippen molar-refractivity contribution in [2.24, 2.45) is 0 Å². The zero-order chi connectivity index (χ0) is 19.2. The van der Waals surface area contributed by atoms with Crippen molar-refractivity contribution in [3.05, 3.63) is 65.5 Å². The molecule has 1 saturated heterocycles.